The molecule has 0 aliphatic rings. The molecule has 0 aliphatic heterocycles. The molecule has 4 aromatic rings. The van der Waals surface area contributed by atoms with Crippen LogP contribution in [0.25, 0.3) is 11.1 Å². The molecule has 1 aromatic heterocycles. The van der Waals surface area contributed by atoms with Gasteiger partial charge in [0.25, 0.3) is 0 Å². The number of hydrogen-bond donors (Lipinski definition) is 0. The SMILES string of the molecule is COc1cc(F)c(C(C)C)cc1-c1cc(C(F)(F)F)c(OC)cc1CN(Cc1cc(C#N)cc(C(F)(F)F)c1)c1ncc(OCCCC(=O)[O-])cn1.[Na+]. The largest absolute Gasteiger partial charge is 1.00 e. The third-order valence-corrected chi connectivity index (χ3v) is 7.84. The van der Waals surface area contributed by atoms with E-state index >= 15 is 4.39 Å². The van der Waals surface area contributed by atoms with Crippen molar-refractivity contribution in [3.63, 3.8) is 0 Å². The number of nitriles is 1. The Hall–Kier alpha value is -4.59. The Balaban J connectivity index is 0.00000756. The first-order chi connectivity index (χ1) is 24.4. The number of methoxy groups -OCH3 is 2. The second-order valence-corrected chi connectivity index (χ2v) is 11.9. The van der Waals surface area contributed by atoms with E-state index in [1.807, 2.05) is 0 Å². The van der Waals surface area contributed by atoms with Gasteiger partial charge in [0.1, 0.15) is 17.3 Å². The standard InChI is InChI=1S/C36H33F7N4O5.Na/c1-20(2)26-12-28(31(50-3)14-30(26)37)27-13-29(36(41,42)43)32(51-4)11-23(27)19-47(18-22-8-21(15-44)9-24(10-22)35(38,39)40)34-45-16-25(17-46-34)52-7-5-6-33(48)49;/h8-14,16-17,20H,5-7,18-19H2,1-4H3,(H,48,49);/q;+1/p-1. The van der Waals surface area contributed by atoms with E-state index in [1.165, 1.54) is 36.5 Å². The number of hydrogen-bond acceptors (Lipinski definition) is 9. The number of carboxylic acids is 1. The molecule has 0 amide bonds. The summed E-state index contributed by atoms with van der Waals surface area (Å²) in [6.45, 7) is 2.67. The molecule has 0 aliphatic carbocycles. The molecule has 1 heterocycles. The second-order valence-electron chi connectivity index (χ2n) is 11.9. The van der Waals surface area contributed by atoms with Gasteiger partial charge in [-0.2, -0.15) is 31.6 Å². The van der Waals surface area contributed by atoms with E-state index in [0.29, 0.717) is 6.07 Å². The maximum absolute atomic E-state index is 15.0. The van der Waals surface area contributed by atoms with Gasteiger partial charge in [-0.3, -0.25) is 0 Å². The molecule has 0 unspecified atom stereocenters. The van der Waals surface area contributed by atoms with Crippen LogP contribution in [0.1, 0.15) is 66.0 Å². The molecule has 0 spiro atoms. The maximum Gasteiger partial charge on any atom is 1.00 e. The molecule has 0 atom stereocenters. The van der Waals surface area contributed by atoms with Crippen LogP contribution in [0, 0.1) is 17.1 Å². The molecule has 0 radical (unpaired) electrons. The van der Waals surface area contributed by atoms with Crippen molar-refractivity contribution in [1.82, 2.24) is 9.97 Å². The molecule has 9 nitrogen and oxygen atoms in total. The molecule has 53 heavy (non-hydrogen) atoms. The quantitative estimate of drug-likeness (QED) is 0.104. The fraction of sp³-hybridized carbons (Fsp3) is 0.333. The fourth-order valence-electron chi connectivity index (χ4n) is 5.38. The number of anilines is 1. The summed E-state index contributed by atoms with van der Waals surface area (Å²) >= 11 is 0. The Morgan fingerprint density at radius 1 is 0.906 bits per heavy atom. The van der Waals surface area contributed by atoms with Gasteiger partial charge in [-0.25, -0.2) is 14.4 Å². The predicted molar refractivity (Wildman–Crippen MR) is 172 cm³/mol. The Kier molecular flexibility index (Phi) is 14.5. The van der Waals surface area contributed by atoms with Gasteiger partial charge in [0.15, 0.2) is 5.75 Å². The van der Waals surface area contributed by atoms with Gasteiger partial charge in [-0.1, -0.05) is 13.8 Å². The number of benzene rings is 3. The number of halogens is 7. The van der Waals surface area contributed by atoms with E-state index in [1.54, 1.807) is 19.9 Å². The number of carboxylic acid groups (broad SMARTS) is 1. The van der Waals surface area contributed by atoms with Gasteiger partial charge < -0.3 is 29.0 Å². The first-order valence-corrected chi connectivity index (χ1v) is 15.6. The number of carbonyl (C=O) groups excluding carboxylic acids is 1. The zero-order valence-electron chi connectivity index (χ0n) is 29.3. The van der Waals surface area contributed by atoms with Crippen molar-refractivity contribution >= 4 is 11.9 Å². The van der Waals surface area contributed by atoms with Crippen LogP contribution < -0.4 is 53.8 Å². The third-order valence-electron chi connectivity index (χ3n) is 7.84. The summed E-state index contributed by atoms with van der Waals surface area (Å²) in [6, 6.07) is 8.82. The first-order valence-electron chi connectivity index (χ1n) is 15.6. The molecular formula is C36H32F7N4NaO5. The molecule has 0 N–H and O–H groups in total. The fourth-order valence-corrected chi connectivity index (χ4v) is 5.38. The van der Waals surface area contributed by atoms with E-state index in [9.17, 15) is 41.5 Å². The minimum absolute atomic E-state index is 0. The predicted octanol–water partition coefficient (Wildman–Crippen LogP) is 4.45. The number of alkyl halides is 6. The van der Waals surface area contributed by atoms with Crippen molar-refractivity contribution in [2.24, 2.45) is 0 Å². The van der Waals surface area contributed by atoms with E-state index in [2.05, 4.69) is 9.97 Å². The van der Waals surface area contributed by atoms with E-state index in [4.69, 9.17) is 14.2 Å². The number of rotatable bonds is 14. The first kappa shape index (κ1) is 42.8. The van der Waals surface area contributed by atoms with Crippen LogP contribution in [0.3, 0.4) is 0 Å². The number of carbonyl (C=O) groups is 1. The van der Waals surface area contributed by atoms with Crippen LogP contribution in [-0.2, 0) is 30.2 Å². The Bertz CT molecular complexity index is 1950. The molecular weight excluding hydrogens is 724 g/mol. The molecule has 0 fully saturated rings. The average molecular weight is 757 g/mol. The monoisotopic (exact) mass is 756 g/mol. The van der Waals surface area contributed by atoms with Crippen LogP contribution in [0.15, 0.2) is 54.9 Å². The van der Waals surface area contributed by atoms with Crippen molar-refractivity contribution in [3.8, 4) is 34.4 Å². The Morgan fingerprint density at radius 2 is 1.57 bits per heavy atom. The average Bonchev–Trinajstić information content (AvgIpc) is 3.08. The number of aliphatic carboxylic acids is 1. The van der Waals surface area contributed by atoms with E-state index < -0.39 is 41.0 Å². The Labute approximate surface area is 322 Å². The minimum Gasteiger partial charge on any atom is -0.550 e. The Morgan fingerprint density at radius 3 is 2.11 bits per heavy atom. The van der Waals surface area contributed by atoms with Gasteiger partial charge in [0.05, 0.1) is 56.0 Å². The normalized spacial score (nSPS) is 11.5. The number of nitrogens with zero attached hydrogens (tertiary/aromatic N) is 4. The van der Waals surface area contributed by atoms with Crippen LogP contribution in [0.2, 0.25) is 0 Å². The topological polar surface area (TPSA) is 121 Å². The summed E-state index contributed by atoms with van der Waals surface area (Å²) in [7, 11) is 2.27. The summed E-state index contributed by atoms with van der Waals surface area (Å²) in [5, 5.41) is 20.2. The molecule has 0 saturated heterocycles. The van der Waals surface area contributed by atoms with Gasteiger partial charge in [-0.05, 0) is 77.4 Å². The van der Waals surface area contributed by atoms with Crippen molar-refractivity contribution < 1.29 is 84.4 Å². The summed E-state index contributed by atoms with van der Waals surface area (Å²) in [5.41, 5.74) is -2.16. The van der Waals surface area contributed by atoms with Crippen LogP contribution in [-0.4, -0.2) is 36.8 Å². The minimum atomic E-state index is -4.89. The van der Waals surface area contributed by atoms with E-state index in [0.717, 1.165) is 31.4 Å². The molecule has 4 rings (SSSR count). The zero-order valence-corrected chi connectivity index (χ0v) is 31.3. The zero-order chi connectivity index (χ0) is 38.4. The van der Waals surface area contributed by atoms with Crippen LogP contribution in [0.4, 0.5) is 36.7 Å². The molecule has 0 bridgehead atoms. The summed E-state index contributed by atoms with van der Waals surface area (Å²) in [6.07, 6.45) is -7.37. The number of aromatic nitrogens is 2. The molecule has 3 aromatic carbocycles. The number of ether oxygens (including phenoxy) is 3. The third kappa shape index (κ3) is 11.0. The summed E-state index contributed by atoms with van der Waals surface area (Å²) in [5.74, 6) is -2.91. The maximum atomic E-state index is 15.0. The van der Waals surface area contributed by atoms with Crippen molar-refractivity contribution in [2.45, 2.75) is 58.0 Å². The van der Waals surface area contributed by atoms with Gasteiger partial charge in [0, 0.05) is 30.7 Å². The van der Waals surface area contributed by atoms with Crippen molar-refractivity contribution in [3.05, 3.63) is 94.1 Å². The summed E-state index contributed by atoms with van der Waals surface area (Å²) < 4.78 is 116. The van der Waals surface area contributed by atoms with Gasteiger partial charge >= 0.3 is 41.9 Å². The van der Waals surface area contributed by atoms with E-state index in [-0.39, 0.29) is 119 Å². The molecule has 276 valence electrons. The smallest absolute Gasteiger partial charge is 0.550 e. The van der Waals surface area contributed by atoms with Crippen molar-refractivity contribution in [1.29, 1.82) is 5.26 Å². The van der Waals surface area contributed by atoms with Crippen LogP contribution in [0.5, 0.6) is 17.2 Å². The second kappa shape index (κ2) is 18.0. The molecule has 17 heteroatoms. The molecule has 0 saturated carbocycles. The van der Waals surface area contributed by atoms with Crippen LogP contribution >= 0.6 is 0 Å². The van der Waals surface area contributed by atoms with Crippen molar-refractivity contribution in [2.75, 3.05) is 25.7 Å². The van der Waals surface area contributed by atoms with Gasteiger partial charge in [-0.15, -0.1) is 0 Å². The van der Waals surface area contributed by atoms with Gasteiger partial charge in [0.2, 0.25) is 5.95 Å². The summed E-state index contributed by atoms with van der Waals surface area (Å²) in [4.78, 5) is 20.6.